The summed E-state index contributed by atoms with van der Waals surface area (Å²) in [5.41, 5.74) is 3.30. The van der Waals surface area contributed by atoms with Crippen molar-refractivity contribution >= 4 is 6.29 Å². The van der Waals surface area contributed by atoms with Crippen molar-refractivity contribution in [3.8, 4) is 5.69 Å². The molecule has 2 rings (SSSR count). The van der Waals surface area contributed by atoms with E-state index in [0.29, 0.717) is 17.9 Å². The predicted octanol–water partition coefficient (Wildman–Crippen LogP) is 2.14. The van der Waals surface area contributed by atoms with Crippen molar-refractivity contribution < 1.29 is 9.53 Å². The summed E-state index contributed by atoms with van der Waals surface area (Å²) in [6.45, 7) is 2.35. The molecule has 0 saturated carbocycles. The number of methoxy groups -OCH3 is 1. The summed E-state index contributed by atoms with van der Waals surface area (Å²) in [5, 5.41) is 4.36. The highest BCUT2D eigenvalue weighted by molar-refractivity contribution is 5.76. The van der Waals surface area contributed by atoms with Crippen molar-refractivity contribution in [2.45, 2.75) is 13.5 Å². The lowest BCUT2D eigenvalue weighted by Gasteiger charge is -2.04. The highest BCUT2D eigenvalue weighted by atomic mass is 16.5. The molecular weight excluding hydrogens is 216 g/mol. The molecule has 0 N–H and O–H groups in total. The number of aryl methyl sites for hydroxylation is 1. The number of para-hydroxylation sites is 1. The van der Waals surface area contributed by atoms with Crippen LogP contribution in [-0.2, 0) is 11.3 Å². The molecule has 0 spiro atoms. The lowest BCUT2D eigenvalue weighted by atomic mass is 10.2. The van der Waals surface area contributed by atoms with Gasteiger partial charge in [0.2, 0.25) is 0 Å². The molecule has 1 heterocycles. The largest absolute Gasteiger partial charge is 0.378 e. The van der Waals surface area contributed by atoms with Gasteiger partial charge in [0.25, 0.3) is 0 Å². The lowest BCUT2D eigenvalue weighted by molar-refractivity contribution is 0.111. The fourth-order valence-electron chi connectivity index (χ4n) is 1.71. The molecule has 4 heteroatoms. The first kappa shape index (κ1) is 11.5. The second kappa shape index (κ2) is 4.93. The van der Waals surface area contributed by atoms with Crippen molar-refractivity contribution in [1.82, 2.24) is 9.78 Å². The van der Waals surface area contributed by atoms with Gasteiger partial charge in [0.05, 0.1) is 23.6 Å². The van der Waals surface area contributed by atoms with Gasteiger partial charge in [0.1, 0.15) is 0 Å². The van der Waals surface area contributed by atoms with Crippen LogP contribution in [0, 0.1) is 6.92 Å². The third-order valence-corrected chi connectivity index (χ3v) is 2.59. The molecular formula is C13H14N2O2. The molecule has 88 valence electrons. The summed E-state index contributed by atoms with van der Waals surface area (Å²) in [4.78, 5) is 10.9. The Hall–Kier alpha value is -1.94. The molecule has 17 heavy (non-hydrogen) atoms. The maximum atomic E-state index is 10.9. The summed E-state index contributed by atoms with van der Waals surface area (Å²) in [6.07, 6.45) is 2.53. The van der Waals surface area contributed by atoms with Gasteiger partial charge in [-0.1, -0.05) is 18.2 Å². The Kier molecular flexibility index (Phi) is 3.35. The number of aldehydes is 1. The quantitative estimate of drug-likeness (QED) is 0.756. The third-order valence-electron chi connectivity index (χ3n) is 2.59. The number of hydrogen-bond acceptors (Lipinski definition) is 3. The lowest BCUT2D eigenvalue weighted by Crippen LogP contribution is -1.99. The summed E-state index contributed by atoms with van der Waals surface area (Å²) in [5.74, 6) is 0. The predicted molar refractivity (Wildman–Crippen MR) is 64.4 cm³/mol. The van der Waals surface area contributed by atoms with Gasteiger partial charge >= 0.3 is 0 Å². The number of rotatable bonds is 4. The monoisotopic (exact) mass is 230 g/mol. The Morgan fingerprint density at radius 3 is 2.82 bits per heavy atom. The summed E-state index contributed by atoms with van der Waals surface area (Å²) in [7, 11) is 1.58. The van der Waals surface area contributed by atoms with Gasteiger partial charge in [-0.2, -0.15) is 5.10 Å². The Balaban J connectivity index is 2.46. The van der Waals surface area contributed by atoms with Crippen LogP contribution in [0.15, 0.2) is 30.5 Å². The molecule has 0 atom stereocenters. The normalized spacial score (nSPS) is 10.5. The van der Waals surface area contributed by atoms with Crippen LogP contribution < -0.4 is 0 Å². The molecule has 0 unspecified atom stereocenters. The summed E-state index contributed by atoms with van der Waals surface area (Å²) < 4.78 is 6.73. The Bertz CT molecular complexity index is 532. The molecule has 0 radical (unpaired) electrons. The van der Waals surface area contributed by atoms with Gasteiger partial charge in [-0.3, -0.25) is 4.79 Å². The highest BCUT2D eigenvalue weighted by Gasteiger charge is 2.09. The van der Waals surface area contributed by atoms with Gasteiger partial charge in [0, 0.05) is 13.3 Å². The molecule has 0 aliphatic carbocycles. The van der Waals surface area contributed by atoms with Crippen LogP contribution in [0.5, 0.6) is 0 Å². The smallest absolute Gasteiger partial charge is 0.153 e. The van der Waals surface area contributed by atoms with Crippen LogP contribution in [0.2, 0.25) is 0 Å². The first-order valence-corrected chi connectivity index (χ1v) is 5.35. The molecule has 0 bridgehead atoms. The molecule has 4 nitrogen and oxygen atoms in total. The molecule has 2 aromatic rings. The molecule has 1 aromatic carbocycles. The molecule has 0 saturated heterocycles. The Morgan fingerprint density at radius 2 is 2.18 bits per heavy atom. The van der Waals surface area contributed by atoms with E-state index in [-0.39, 0.29) is 0 Å². The van der Waals surface area contributed by atoms with Crippen molar-refractivity contribution in [2.24, 2.45) is 0 Å². The number of carbonyl (C=O) groups is 1. The molecule has 0 aliphatic rings. The van der Waals surface area contributed by atoms with Gasteiger partial charge < -0.3 is 4.74 Å². The number of carbonyl (C=O) groups excluding carboxylic acids is 1. The number of benzene rings is 1. The molecule has 0 aliphatic heterocycles. The van der Waals surface area contributed by atoms with E-state index in [9.17, 15) is 4.79 Å². The summed E-state index contributed by atoms with van der Waals surface area (Å²) >= 11 is 0. The van der Waals surface area contributed by atoms with Crippen LogP contribution in [0.1, 0.15) is 21.6 Å². The standard InChI is InChI=1S/C13H14N2O2/c1-10-5-3-4-6-13(10)15-7-11(8-16)12(14-15)9-17-2/h3-8H,9H2,1-2H3. The number of nitrogens with zero attached hydrogens (tertiary/aromatic N) is 2. The zero-order valence-corrected chi connectivity index (χ0v) is 9.88. The van der Waals surface area contributed by atoms with E-state index in [0.717, 1.165) is 17.5 Å². The van der Waals surface area contributed by atoms with E-state index in [1.165, 1.54) is 0 Å². The van der Waals surface area contributed by atoms with Crippen molar-refractivity contribution in [3.63, 3.8) is 0 Å². The van der Waals surface area contributed by atoms with Crippen LogP contribution in [0.25, 0.3) is 5.69 Å². The maximum absolute atomic E-state index is 10.9. The zero-order chi connectivity index (χ0) is 12.3. The van der Waals surface area contributed by atoms with E-state index in [2.05, 4.69) is 5.10 Å². The van der Waals surface area contributed by atoms with E-state index < -0.39 is 0 Å². The van der Waals surface area contributed by atoms with Crippen molar-refractivity contribution in [1.29, 1.82) is 0 Å². The minimum Gasteiger partial charge on any atom is -0.378 e. The molecule has 1 aromatic heterocycles. The van der Waals surface area contributed by atoms with Crippen LogP contribution >= 0.6 is 0 Å². The van der Waals surface area contributed by atoms with Gasteiger partial charge in [-0.25, -0.2) is 4.68 Å². The first-order valence-electron chi connectivity index (χ1n) is 5.35. The van der Waals surface area contributed by atoms with Crippen LogP contribution in [0.3, 0.4) is 0 Å². The average molecular weight is 230 g/mol. The second-order valence-electron chi connectivity index (χ2n) is 3.81. The van der Waals surface area contributed by atoms with E-state index in [1.54, 1.807) is 18.0 Å². The fourth-order valence-corrected chi connectivity index (χ4v) is 1.71. The number of aromatic nitrogens is 2. The summed E-state index contributed by atoms with van der Waals surface area (Å²) in [6, 6.07) is 7.89. The number of hydrogen-bond donors (Lipinski definition) is 0. The molecule has 0 amide bonds. The van der Waals surface area contributed by atoms with E-state index in [1.807, 2.05) is 31.2 Å². The van der Waals surface area contributed by atoms with Crippen molar-refractivity contribution in [3.05, 3.63) is 47.3 Å². The van der Waals surface area contributed by atoms with Crippen molar-refractivity contribution in [2.75, 3.05) is 7.11 Å². The minimum absolute atomic E-state index is 0.340. The van der Waals surface area contributed by atoms with E-state index >= 15 is 0 Å². The molecule has 0 fully saturated rings. The van der Waals surface area contributed by atoms with Crippen LogP contribution in [0.4, 0.5) is 0 Å². The third kappa shape index (κ3) is 2.26. The zero-order valence-electron chi connectivity index (χ0n) is 9.88. The SMILES string of the molecule is COCc1nn(-c2ccccc2C)cc1C=O. The van der Waals surface area contributed by atoms with Crippen LogP contribution in [-0.4, -0.2) is 23.2 Å². The highest BCUT2D eigenvalue weighted by Crippen LogP contribution is 2.15. The Labute approximate surface area is 99.8 Å². The van der Waals surface area contributed by atoms with E-state index in [4.69, 9.17) is 4.74 Å². The number of ether oxygens (including phenoxy) is 1. The minimum atomic E-state index is 0.340. The van der Waals surface area contributed by atoms with Gasteiger partial charge in [-0.15, -0.1) is 0 Å². The fraction of sp³-hybridized carbons (Fsp3) is 0.231. The van der Waals surface area contributed by atoms with Gasteiger partial charge in [0.15, 0.2) is 6.29 Å². The van der Waals surface area contributed by atoms with Gasteiger partial charge in [-0.05, 0) is 18.6 Å². The first-order chi connectivity index (χ1) is 8.26. The Morgan fingerprint density at radius 1 is 1.41 bits per heavy atom. The average Bonchev–Trinajstić information content (AvgIpc) is 2.73. The maximum Gasteiger partial charge on any atom is 0.153 e. The second-order valence-corrected chi connectivity index (χ2v) is 3.81. The topological polar surface area (TPSA) is 44.1 Å².